The highest BCUT2D eigenvalue weighted by atomic mass is 35.5. The fraction of sp³-hybridized carbons (Fsp3) is 0.360. The highest BCUT2D eigenvalue weighted by molar-refractivity contribution is 6.30. The van der Waals surface area contributed by atoms with E-state index in [4.69, 9.17) is 16.7 Å². The fourth-order valence-corrected chi connectivity index (χ4v) is 4.30. The SMILES string of the molecule is CC(C)(C)n1ccc(C2C[C@@H](C(=O)Nc3cccc(C(F)(F)F)c3)N[C@H]2c2ccc(Cl)cc2)n1.Cl. The maximum Gasteiger partial charge on any atom is 0.416 e. The van der Waals surface area contributed by atoms with Gasteiger partial charge in [0.2, 0.25) is 5.91 Å². The molecule has 0 saturated carbocycles. The molecule has 3 atom stereocenters. The number of hydrogen-bond acceptors (Lipinski definition) is 3. The second kappa shape index (κ2) is 10.2. The van der Waals surface area contributed by atoms with Gasteiger partial charge in [0.05, 0.1) is 22.8 Å². The summed E-state index contributed by atoms with van der Waals surface area (Å²) in [6, 6.07) is 13.2. The second-order valence-electron chi connectivity index (χ2n) is 9.51. The average molecular weight is 527 g/mol. The monoisotopic (exact) mass is 526 g/mol. The van der Waals surface area contributed by atoms with E-state index in [1.807, 2.05) is 29.1 Å². The molecular weight excluding hydrogens is 500 g/mol. The molecule has 2 aromatic carbocycles. The topological polar surface area (TPSA) is 59.0 Å². The van der Waals surface area contributed by atoms with E-state index in [0.29, 0.717) is 11.4 Å². The quantitative estimate of drug-likeness (QED) is 0.404. The fourth-order valence-electron chi connectivity index (χ4n) is 4.18. The molecule has 2 heterocycles. The van der Waals surface area contributed by atoms with E-state index in [2.05, 4.69) is 31.4 Å². The standard InChI is InChI=1S/C25H26ClF3N4O.ClH/c1-24(2,3)33-12-11-20(32-33)19-14-21(31-22(19)15-7-9-17(26)10-8-15)23(34)30-18-6-4-5-16(13-18)25(27,28)29;/h4-13,19,21-22,31H,14H2,1-3H3,(H,30,34);1H/t19?,21-,22-;/m0./s1. The van der Waals surface area contributed by atoms with E-state index >= 15 is 0 Å². The summed E-state index contributed by atoms with van der Waals surface area (Å²) in [4.78, 5) is 13.0. The lowest BCUT2D eigenvalue weighted by atomic mass is 9.90. The van der Waals surface area contributed by atoms with E-state index in [0.717, 1.165) is 23.4 Å². The van der Waals surface area contributed by atoms with Crippen LogP contribution in [-0.2, 0) is 16.5 Å². The summed E-state index contributed by atoms with van der Waals surface area (Å²) in [5.74, 6) is -0.502. The van der Waals surface area contributed by atoms with Crippen LogP contribution in [0.3, 0.4) is 0 Å². The van der Waals surface area contributed by atoms with Gasteiger partial charge in [0.15, 0.2) is 0 Å². The Morgan fingerprint density at radius 1 is 1.11 bits per heavy atom. The Hall–Kier alpha value is -2.55. The van der Waals surface area contributed by atoms with Crippen LogP contribution < -0.4 is 10.6 Å². The lowest BCUT2D eigenvalue weighted by Gasteiger charge is -2.21. The van der Waals surface area contributed by atoms with E-state index in [9.17, 15) is 18.0 Å². The number of nitrogens with zero attached hydrogens (tertiary/aromatic N) is 2. The van der Waals surface area contributed by atoms with E-state index in [1.54, 1.807) is 12.1 Å². The summed E-state index contributed by atoms with van der Waals surface area (Å²) >= 11 is 6.06. The first-order chi connectivity index (χ1) is 15.9. The highest BCUT2D eigenvalue weighted by Crippen LogP contribution is 2.40. The number of hydrogen-bond donors (Lipinski definition) is 2. The van der Waals surface area contributed by atoms with Crippen LogP contribution in [0.5, 0.6) is 0 Å². The van der Waals surface area contributed by atoms with Gasteiger partial charge in [-0.05, 0) is 69.2 Å². The molecular formula is C25H27Cl2F3N4O. The van der Waals surface area contributed by atoms with Gasteiger partial charge in [-0.3, -0.25) is 14.8 Å². The minimum Gasteiger partial charge on any atom is -0.325 e. The predicted molar refractivity (Wildman–Crippen MR) is 133 cm³/mol. The Kier molecular flexibility index (Phi) is 7.89. The molecule has 35 heavy (non-hydrogen) atoms. The smallest absolute Gasteiger partial charge is 0.325 e. The summed E-state index contributed by atoms with van der Waals surface area (Å²) in [6.45, 7) is 6.16. The van der Waals surface area contributed by atoms with Crippen LogP contribution in [0.4, 0.5) is 18.9 Å². The van der Waals surface area contributed by atoms with Gasteiger partial charge in [0.1, 0.15) is 0 Å². The summed E-state index contributed by atoms with van der Waals surface area (Å²) in [6.07, 6.45) is -2.12. The summed E-state index contributed by atoms with van der Waals surface area (Å²) in [5, 5.41) is 11.4. The van der Waals surface area contributed by atoms with Crippen molar-refractivity contribution in [2.45, 2.75) is 56.9 Å². The third-order valence-electron chi connectivity index (χ3n) is 5.95. The van der Waals surface area contributed by atoms with Crippen LogP contribution in [0.2, 0.25) is 5.02 Å². The molecule has 3 aromatic rings. The first kappa shape index (κ1) is 27.0. The molecule has 5 nitrogen and oxygen atoms in total. The Morgan fingerprint density at radius 2 is 1.80 bits per heavy atom. The molecule has 188 valence electrons. The van der Waals surface area contributed by atoms with Gasteiger partial charge in [-0.15, -0.1) is 12.4 Å². The zero-order chi connectivity index (χ0) is 24.7. The lowest BCUT2D eigenvalue weighted by molar-refractivity contribution is -0.137. The van der Waals surface area contributed by atoms with Gasteiger partial charge >= 0.3 is 6.18 Å². The van der Waals surface area contributed by atoms with Crippen LogP contribution in [0.15, 0.2) is 60.8 Å². The number of amides is 1. The number of alkyl halides is 3. The van der Waals surface area contributed by atoms with Crippen molar-refractivity contribution in [3.8, 4) is 0 Å². The minimum absolute atomic E-state index is 0. The molecule has 0 radical (unpaired) electrons. The molecule has 0 bridgehead atoms. The third-order valence-corrected chi connectivity index (χ3v) is 6.20. The molecule has 1 aliphatic rings. The molecule has 0 aliphatic carbocycles. The first-order valence-electron chi connectivity index (χ1n) is 11.0. The molecule has 10 heteroatoms. The third kappa shape index (κ3) is 6.18. The van der Waals surface area contributed by atoms with Gasteiger partial charge in [-0.1, -0.05) is 29.8 Å². The van der Waals surface area contributed by atoms with E-state index < -0.39 is 23.7 Å². The molecule has 1 unspecified atom stereocenters. The van der Waals surface area contributed by atoms with Gasteiger partial charge in [0.25, 0.3) is 0 Å². The Bertz CT molecular complexity index is 1170. The maximum absolute atomic E-state index is 13.1. The molecule has 0 spiro atoms. The zero-order valence-electron chi connectivity index (χ0n) is 19.4. The molecule has 1 fully saturated rings. The molecule has 1 amide bonds. The number of anilines is 1. The van der Waals surface area contributed by atoms with Crippen molar-refractivity contribution in [2.24, 2.45) is 0 Å². The van der Waals surface area contributed by atoms with Crippen LogP contribution in [-0.4, -0.2) is 21.7 Å². The van der Waals surface area contributed by atoms with Gasteiger partial charge in [0, 0.05) is 28.9 Å². The van der Waals surface area contributed by atoms with Crippen molar-refractivity contribution in [3.63, 3.8) is 0 Å². The number of nitrogens with one attached hydrogen (secondary N) is 2. The average Bonchev–Trinajstić information content (AvgIpc) is 3.41. The molecule has 4 rings (SSSR count). The van der Waals surface area contributed by atoms with Crippen LogP contribution in [0, 0.1) is 0 Å². The summed E-state index contributed by atoms with van der Waals surface area (Å²) in [5.41, 5.74) is 0.894. The van der Waals surface area contributed by atoms with Crippen molar-refractivity contribution in [1.29, 1.82) is 0 Å². The van der Waals surface area contributed by atoms with Gasteiger partial charge in [-0.2, -0.15) is 18.3 Å². The molecule has 1 saturated heterocycles. The molecule has 1 aromatic heterocycles. The molecule has 1 aliphatic heterocycles. The number of rotatable bonds is 4. The maximum atomic E-state index is 13.1. The van der Waals surface area contributed by atoms with Crippen LogP contribution in [0.25, 0.3) is 0 Å². The second-order valence-corrected chi connectivity index (χ2v) is 9.95. The van der Waals surface area contributed by atoms with Crippen molar-refractivity contribution >= 4 is 35.6 Å². The predicted octanol–water partition coefficient (Wildman–Crippen LogP) is 6.56. The molecule has 2 N–H and O–H groups in total. The Labute approximate surface area is 213 Å². The normalized spacial score (nSPS) is 20.4. The summed E-state index contributed by atoms with van der Waals surface area (Å²) in [7, 11) is 0. The largest absolute Gasteiger partial charge is 0.416 e. The summed E-state index contributed by atoms with van der Waals surface area (Å²) < 4.78 is 41.1. The zero-order valence-corrected chi connectivity index (χ0v) is 21.0. The lowest BCUT2D eigenvalue weighted by Crippen LogP contribution is -2.36. The van der Waals surface area contributed by atoms with Gasteiger partial charge < -0.3 is 5.32 Å². The van der Waals surface area contributed by atoms with Gasteiger partial charge in [-0.25, -0.2) is 0 Å². The van der Waals surface area contributed by atoms with Crippen LogP contribution in [0.1, 0.15) is 56.0 Å². The van der Waals surface area contributed by atoms with Crippen molar-refractivity contribution in [1.82, 2.24) is 15.1 Å². The van der Waals surface area contributed by atoms with Crippen molar-refractivity contribution in [3.05, 3.63) is 82.6 Å². The number of aromatic nitrogens is 2. The Balaban J connectivity index is 0.00000342. The van der Waals surface area contributed by atoms with Crippen molar-refractivity contribution in [2.75, 3.05) is 5.32 Å². The Morgan fingerprint density at radius 3 is 2.40 bits per heavy atom. The first-order valence-corrected chi connectivity index (χ1v) is 11.4. The minimum atomic E-state index is -4.48. The number of carbonyl (C=O) groups excluding carboxylic acids is 1. The number of benzene rings is 2. The van der Waals surface area contributed by atoms with E-state index in [-0.39, 0.29) is 35.6 Å². The number of halogens is 5. The highest BCUT2D eigenvalue weighted by Gasteiger charge is 2.40. The van der Waals surface area contributed by atoms with Crippen molar-refractivity contribution < 1.29 is 18.0 Å². The number of carbonyl (C=O) groups is 1. The van der Waals surface area contributed by atoms with Crippen LogP contribution >= 0.6 is 24.0 Å². The van der Waals surface area contributed by atoms with E-state index in [1.165, 1.54) is 12.1 Å².